The van der Waals surface area contributed by atoms with Crippen molar-refractivity contribution in [2.24, 2.45) is 0 Å². The van der Waals surface area contributed by atoms with Crippen LogP contribution in [0.15, 0.2) is 17.2 Å². The first kappa shape index (κ1) is 12.9. The first-order valence-corrected chi connectivity index (χ1v) is 7.53. The maximum Gasteiger partial charge on any atom is 0.325 e. The second-order valence-corrected chi connectivity index (χ2v) is 5.77. The van der Waals surface area contributed by atoms with Crippen molar-refractivity contribution in [3.05, 3.63) is 22.9 Å². The summed E-state index contributed by atoms with van der Waals surface area (Å²) in [6.45, 7) is 6.77. The second kappa shape index (κ2) is 5.92. The summed E-state index contributed by atoms with van der Waals surface area (Å²) in [5.41, 5.74) is 0.00644. The lowest BCUT2D eigenvalue weighted by molar-refractivity contribution is 0.124. The number of rotatable bonds is 4. The van der Waals surface area contributed by atoms with Crippen LogP contribution in [0, 0.1) is 0 Å². The predicted molar refractivity (Wildman–Crippen MR) is 75.3 cm³/mol. The van der Waals surface area contributed by atoms with Gasteiger partial charge in [0.05, 0.1) is 0 Å². The Hall–Kier alpha value is -1.07. The largest absolute Gasteiger partial charge is 0.325 e. The minimum atomic E-state index is 0.00644. The zero-order valence-corrected chi connectivity index (χ0v) is 11.6. The van der Waals surface area contributed by atoms with Crippen LogP contribution in [0.2, 0.25) is 0 Å². The number of aromatic amines is 1. The average molecular weight is 264 g/mol. The van der Waals surface area contributed by atoms with Crippen molar-refractivity contribution in [1.29, 1.82) is 0 Å². The Balaban J connectivity index is 1.43. The molecule has 3 rings (SSSR count). The van der Waals surface area contributed by atoms with Crippen LogP contribution in [0.3, 0.4) is 0 Å². The Labute approximate surface area is 114 Å². The second-order valence-electron chi connectivity index (χ2n) is 5.77. The molecule has 0 atom stereocenters. The fraction of sp³-hybridized carbons (Fsp3) is 0.786. The lowest BCUT2D eigenvalue weighted by Gasteiger charge is -2.36. The molecule has 2 aliphatic rings. The van der Waals surface area contributed by atoms with Gasteiger partial charge in [-0.15, -0.1) is 0 Å². The predicted octanol–water partition coefficient (Wildman–Crippen LogP) is 0.737. The standard InChI is InChI=1S/C14H24N4O/c19-14-15-5-10-18(14)12-11-16-8-3-13(4-9-16)17-6-1-2-7-17/h5,10,13H,1-4,6-9,11-12H2,(H,15,19). The van der Waals surface area contributed by atoms with Crippen LogP contribution >= 0.6 is 0 Å². The number of hydrogen-bond donors (Lipinski definition) is 1. The van der Waals surface area contributed by atoms with Gasteiger partial charge in [-0.05, 0) is 51.9 Å². The molecule has 0 aliphatic carbocycles. The van der Waals surface area contributed by atoms with E-state index in [1.807, 2.05) is 6.20 Å². The van der Waals surface area contributed by atoms with Gasteiger partial charge in [-0.25, -0.2) is 4.79 Å². The monoisotopic (exact) mass is 264 g/mol. The number of nitrogens with zero attached hydrogens (tertiary/aromatic N) is 3. The van der Waals surface area contributed by atoms with E-state index >= 15 is 0 Å². The zero-order chi connectivity index (χ0) is 13.1. The van der Waals surface area contributed by atoms with E-state index in [-0.39, 0.29) is 5.69 Å². The van der Waals surface area contributed by atoms with Crippen LogP contribution in [-0.2, 0) is 6.54 Å². The first-order valence-electron chi connectivity index (χ1n) is 7.53. The van der Waals surface area contributed by atoms with Crippen LogP contribution in [0.5, 0.6) is 0 Å². The highest BCUT2D eigenvalue weighted by Crippen LogP contribution is 2.20. The fourth-order valence-electron chi connectivity index (χ4n) is 3.39. The van der Waals surface area contributed by atoms with Gasteiger partial charge >= 0.3 is 5.69 Å². The number of hydrogen-bond acceptors (Lipinski definition) is 3. The van der Waals surface area contributed by atoms with E-state index in [2.05, 4.69) is 14.8 Å². The summed E-state index contributed by atoms with van der Waals surface area (Å²) in [5, 5.41) is 0. The summed E-state index contributed by atoms with van der Waals surface area (Å²) in [5.74, 6) is 0. The van der Waals surface area contributed by atoms with E-state index in [1.54, 1.807) is 10.8 Å². The molecule has 2 aliphatic heterocycles. The van der Waals surface area contributed by atoms with Crippen molar-refractivity contribution < 1.29 is 0 Å². The van der Waals surface area contributed by atoms with Crippen molar-refractivity contribution in [3.8, 4) is 0 Å². The van der Waals surface area contributed by atoms with E-state index < -0.39 is 0 Å². The van der Waals surface area contributed by atoms with E-state index in [0.29, 0.717) is 0 Å². The van der Waals surface area contributed by atoms with Crippen LogP contribution in [0.4, 0.5) is 0 Å². The number of aromatic nitrogens is 2. The summed E-state index contributed by atoms with van der Waals surface area (Å²) < 4.78 is 1.76. The van der Waals surface area contributed by atoms with E-state index in [4.69, 9.17) is 0 Å². The van der Waals surface area contributed by atoms with Gasteiger partial charge in [0.15, 0.2) is 0 Å². The number of nitrogens with one attached hydrogen (secondary N) is 1. The Bertz CT molecular complexity index is 438. The average Bonchev–Trinajstić information content (AvgIpc) is 3.09. The molecule has 1 N–H and O–H groups in total. The summed E-state index contributed by atoms with van der Waals surface area (Å²) in [7, 11) is 0. The van der Waals surface area contributed by atoms with Crippen molar-refractivity contribution >= 4 is 0 Å². The Morgan fingerprint density at radius 3 is 2.47 bits per heavy atom. The smallest absolute Gasteiger partial charge is 0.313 e. The normalized spacial score (nSPS) is 23.2. The maximum atomic E-state index is 11.4. The minimum absolute atomic E-state index is 0.00644. The molecule has 0 unspecified atom stereocenters. The molecule has 5 heteroatoms. The summed E-state index contributed by atoms with van der Waals surface area (Å²) in [6, 6.07) is 0.814. The van der Waals surface area contributed by atoms with Gasteiger partial charge in [0.25, 0.3) is 0 Å². The Morgan fingerprint density at radius 1 is 1.11 bits per heavy atom. The third-order valence-corrected chi connectivity index (χ3v) is 4.59. The fourth-order valence-corrected chi connectivity index (χ4v) is 3.39. The highest BCUT2D eigenvalue weighted by Gasteiger charge is 2.26. The number of imidazole rings is 1. The van der Waals surface area contributed by atoms with Crippen LogP contribution in [-0.4, -0.2) is 58.1 Å². The highest BCUT2D eigenvalue weighted by atomic mass is 16.1. The van der Waals surface area contributed by atoms with Crippen molar-refractivity contribution in [2.75, 3.05) is 32.7 Å². The van der Waals surface area contributed by atoms with E-state index in [0.717, 1.165) is 19.1 Å². The molecule has 1 aromatic heterocycles. The quantitative estimate of drug-likeness (QED) is 0.872. The molecule has 0 saturated carbocycles. The third kappa shape index (κ3) is 3.09. The molecule has 0 aromatic carbocycles. The van der Waals surface area contributed by atoms with Gasteiger partial charge in [0.2, 0.25) is 0 Å². The molecule has 0 radical (unpaired) electrons. The van der Waals surface area contributed by atoms with Crippen molar-refractivity contribution in [3.63, 3.8) is 0 Å². The minimum Gasteiger partial charge on any atom is -0.313 e. The maximum absolute atomic E-state index is 11.4. The van der Waals surface area contributed by atoms with Crippen LogP contribution in [0.25, 0.3) is 0 Å². The van der Waals surface area contributed by atoms with Crippen molar-refractivity contribution in [2.45, 2.75) is 38.3 Å². The lowest BCUT2D eigenvalue weighted by Crippen LogP contribution is -2.44. The SMILES string of the molecule is O=c1[nH]ccn1CCN1CCC(N2CCCC2)CC1. The van der Waals surface area contributed by atoms with Gasteiger partial charge in [-0.3, -0.25) is 4.57 Å². The van der Waals surface area contributed by atoms with Crippen LogP contribution < -0.4 is 5.69 Å². The van der Waals surface area contributed by atoms with Crippen molar-refractivity contribution in [1.82, 2.24) is 19.4 Å². The van der Waals surface area contributed by atoms with Gasteiger partial charge in [-0.2, -0.15) is 0 Å². The first-order chi connectivity index (χ1) is 9.33. The van der Waals surface area contributed by atoms with Gasteiger partial charge in [0, 0.05) is 31.5 Å². The molecule has 106 valence electrons. The van der Waals surface area contributed by atoms with Gasteiger partial charge < -0.3 is 14.8 Å². The molecule has 1 aromatic rings. The van der Waals surface area contributed by atoms with Gasteiger partial charge in [-0.1, -0.05) is 0 Å². The molecular weight excluding hydrogens is 240 g/mol. The Morgan fingerprint density at radius 2 is 1.84 bits per heavy atom. The number of likely N-dealkylation sites (tertiary alicyclic amines) is 2. The molecule has 3 heterocycles. The highest BCUT2D eigenvalue weighted by molar-refractivity contribution is 4.83. The van der Waals surface area contributed by atoms with Crippen LogP contribution in [0.1, 0.15) is 25.7 Å². The number of piperidine rings is 1. The molecule has 5 nitrogen and oxygen atoms in total. The Kier molecular flexibility index (Phi) is 4.03. The van der Waals surface area contributed by atoms with E-state index in [9.17, 15) is 4.79 Å². The molecule has 19 heavy (non-hydrogen) atoms. The van der Waals surface area contributed by atoms with E-state index in [1.165, 1.54) is 51.9 Å². The number of H-pyrrole nitrogens is 1. The third-order valence-electron chi connectivity index (χ3n) is 4.59. The topological polar surface area (TPSA) is 44.3 Å². The molecule has 0 spiro atoms. The van der Waals surface area contributed by atoms with Gasteiger partial charge in [0.1, 0.15) is 0 Å². The summed E-state index contributed by atoms with van der Waals surface area (Å²) in [6.07, 6.45) is 8.90. The summed E-state index contributed by atoms with van der Waals surface area (Å²) >= 11 is 0. The molecule has 0 amide bonds. The molecule has 2 saturated heterocycles. The molecule has 0 bridgehead atoms. The zero-order valence-electron chi connectivity index (χ0n) is 11.6. The summed E-state index contributed by atoms with van der Waals surface area (Å²) in [4.78, 5) is 19.2. The lowest BCUT2D eigenvalue weighted by atomic mass is 10.0. The molecular formula is C14H24N4O. The molecule has 2 fully saturated rings.